The zero-order valence-electron chi connectivity index (χ0n) is 17.3. The van der Waals surface area contributed by atoms with Crippen molar-refractivity contribution < 1.29 is 9.47 Å². The second-order valence-corrected chi connectivity index (χ2v) is 7.65. The van der Waals surface area contributed by atoms with Gasteiger partial charge < -0.3 is 31.6 Å². The first kappa shape index (κ1) is 20.7. The predicted molar refractivity (Wildman–Crippen MR) is 121 cm³/mol. The first-order chi connectivity index (χ1) is 14.7. The number of morpholine rings is 2. The van der Waals surface area contributed by atoms with Gasteiger partial charge in [0.05, 0.1) is 49.2 Å². The van der Waals surface area contributed by atoms with Gasteiger partial charge >= 0.3 is 0 Å². The molecule has 2 atom stereocenters. The molecule has 4 rings (SSSR count). The van der Waals surface area contributed by atoms with Crippen molar-refractivity contribution in [3.8, 4) is 0 Å². The van der Waals surface area contributed by atoms with Crippen LogP contribution in [0.4, 0.5) is 22.7 Å². The Kier molecular flexibility index (Phi) is 6.91. The van der Waals surface area contributed by atoms with Gasteiger partial charge in [0, 0.05) is 26.2 Å². The van der Waals surface area contributed by atoms with E-state index in [1.54, 1.807) is 0 Å². The van der Waals surface area contributed by atoms with Crippen LogP contribution < -0.4 is 22.1 Å². The predicted octanol–water partition coefficient (Wildman–Crippen LogP) is 1.69. The number of hydrogen-bond acceptors (Lipinski definition) is 8. The molecule has 2 heterocycles. The van der Waals surface area contributed by atoms with E-state index in [1.807, 2.05) is 48.5 Å². The lowest BCUT2D eigenvalue weighted by Crippen LogP contribution is -2.62. The third-order valence-electron chi connectivity index (χ3n) is 5.71. The Morgan fingerprint density at radius 2 is 1.00 bits per heavy atom. The number of nitrogens with zero attached hydrogens (tertiary/aromatic N) is 2. The van der Waals surface area contributed by atoms with Gasteiger partial charge in [-0.2, -0.15) is 0 Å². The standard InChI is InChI=1S/C22H32N6O2/c23-17-5-1-3-7-19(17)25-21(27-9-13-29-14-10-27)22(28-11-15-30-16-12-28)26-20-8-4-2-6-18(20)24/h1-8,21-22,25-26H,9-16,23-24H2. The number of para-hydroxylation sites is 4. The van der Waals surface area contributed by atoms with Gasteiger partial charge in [0.1, 0.15) is 12.3 Å². The van der Waals surface area contributed by atoms with Crippen LogP contribution in [-0.4, -0.2) is 74.7 Å². The third kappa shape index (κ3) is 4.96. The molecule has 162 valence electrons. The zero-order chi connectivity index (χ0) is 20.8. The van der Waals surface area contributed by atoms with E-state index in [-0.39, 0.29) is 12.3 Å². The van der Waals surface area contributed by atoms with Gasteiger partial charge in [-0.15, -0.1) is 0 Å². The minimum atomic E-state index is -0.0312. The summed E-state index contributed by atoms with van der Waals surface area (Å²) in [6.07, 6.45) is -0.0624. The van der Waals surface area contributed by atoms with Gasteiger partial charge in [-0.1, -0.05) is 24.3 Å². The Bertz CT molecular complexity index is 740. The van der Waals surface area contributed by atoms with E-state index in [4.69, 9.17) is 20.9 Å². The lowest BCUT2D eigenvalue weighted by atomic mass is 10.1. The molecule has 0 spiro atoms. The van der Waals surface area contributed by atoms with Gasteiger partial charge in [-0.25, -0.2) is 0 Å². The normalized spacial score (nSPS) is 20.4. The topological polar surface area (TPSA) is 101 Å². The fraction of sp³-hybridized carbons (Fsp3) is 0.455. The SMILES string of the molecule is Nc1ccccc1NC(C(Nc1ccccc1N)N1CCOCC1)N1CCOCC1. The van der Waals surface area contributed by atoms with Crippen molar-refractivity contribution in [2.45, 2.75) is 12.3 Å². The van der Waals surface area contributed by atoms with E-state index in [0.717, 1.165) is 48.9 Å². The minimum absolute atomic E-state index is 0.0312. The largest absolute Gasteiger partial charge is 0.397 e. The van der Waals surface area contributed by atoms with Crippen LogP contribution in [0.15, 0.2) is 48.5 Å². The first-order valence-corrected chi connectivity index (χ1v) is 10.6. The molecule has 2 aliphatic heterocycles. The summed E-state index contributed by atoms with van der Waals surface area (Å²) < 4.78 is 11.2. The number of nitrogen functional groups attached to an aromatic ring is 2. The van der Waals surface area contributed by atoms with Crippen LogP contribution in [0.3, 0.4) is 0 Å². The molecule has 2 unspecified atom stereocenters. The van der Waals surface area contributed by atoms with Crippen LogP contribution in [0.25, 0.3) is 0 Å². The van der Waals surface area contributed by atoms with Crippen LogP contribution in [0, 0.1) is 0 Å². The minimum Gasteiger partial charge on any atom is -0.397 e. The van der Waals surface area contributed by atoms with Gasteiger partial charge in [-0.3, -0.25) is 9.80 Å². The highest BCUT2D eigenvalue weighted by molar-refractivity contribution is 5.68. The number of nitrogens with one attached hydrogen (secondary N) is 2. The van der Waals surface area contributed by atoms with Crippen LogP contribution in [0.1, 0.15) is 0 Å². The quantitative estimate of drug-likeness (QED) is 0.510. The molecule has 2 aliphatic rings. The summed E-state index contributed by atoms with van der Waals surface area (Å²) in [5.41, 5.74) is 15.9. The second-order valence-electron chi connectivity index (χ2n) is 7.65. The summed E-state index contributed by atoms with van der Waals surface area (Å²) in [5.74, 6) is 0. The summed E-state index contributed by atoms with van der Waals surface area (Å²) in [6, 6.07) is 15.8. The summed E-state index contributed by atoms with van der Waals surface area (Å²) in [4.78, 5) is 4.84. The zero-order valence-corrected chi connectivity index (χ0v) is 17.3. The molecule has 0 radical (unpaired) electrons. The maximum Gasteiger partial charge on any atom is 0.114 e. The summed E-state index contributed by atoms with van der Waals surface area (Å²) in [6.45, 7) is 6.23. The first-order valence-electron chi connectivity index (χ1n) is 10.6. The fourth-order valence-corrected chi connectivity index (χ4v) is 4.03. The number of rotatable bonds is 7. The summed E-state index contributed by atoms with van der Waals surface area (Å²) in [7, 11) is 0. The average Bonchev–Trinajstić information content (AvgIpc) is 2.80. The number of hydrogen-bond donors (Lipinski definition) is 4. The van der Waals surface area contributed by atoms with Crippen molar-refractivity contribution in [3.63, 3.8) is 0 Å². The van der Waals surface area contributed by atoms with Crippen LogP contribution in [0.2, 0.25) is 0 Å². The van der Waals surface area contributed by atoms with Crippen molar-refractivity contribution >= 4 is 22.7 Å². The molecule has 2 fully saturated rings. The van der Waals surface area contributed by atoms with Crippen molar-refractivity contribution in [3.05, 3.63) is 48.5 Å². The molecule has 2 aromatic rings. The molecular weight excluding hydrogens is 380 g/mol. The number of ether oxygens (including phenoxy) is 2. The summed E-state index contributed by atoms with van der Waals surface area (Å²) in [5, 5.41) is 7.43. The number of anilines is 4. The van der Waals surface area contributed by atoms with E-state index in [9.17, 15) is 0 Å². The van der Waals surface area contributed by atoms with Crippen molar-refractivity contribution in [1.29, 1.82) is 0 Å². The highest BCUT2D eigenvalue weighted by Crippen LogP contribution is 2.26. The maximum atomic E-state index is 6.27. The molecule has 0 amide bonds. The highest BCUT2D eigenvalue weighted by atomic mass is 16.5. The van der Waals surface area contributed by atoms with Crippen LogP contribution >= 0.6 is 0 Å². The number of benzene rings is 2. The van der Waals surface area contributed by atoms with Gasteiger partial charge in [0.15, 0.2) is 0 Å². The number of nitrogens with two attached hydrogens (primary N) is 2. The van der Waals surface area contributed by atoms with Crippen LogP contribution in [0.5, 0.6) is 0 Å². The van der Waals surface area contributed by atoms with Gasteiger partial charge in [0.25, 0.3) is 0 Å². The molecule has 2 aromatic carbocycles. The van der Waals surface area contributed by atoms with Gasteiger partial charge in [-0.05, 0) is 24.3 Å². The second kappa shape index (κ2) is 9.99. The fourth-order valence-electron chi connectivity index (χ4n) is 4.03. The highest BCUT2D eigenvalue weighted by Gasteiger charge is 2.34. The Balaban J connectivity index is 1.67. The molecule has 6 N–H and O–H groups in total. The maximum absolute atomic E-state index is 6.27. The molecule has 0 aliphatic carbocycles. The molecule has 0 bridgehead atoms. The van der Waals surface area contributed by atoms with Crippen LogP contribution in [-0.2, 0) is 9.47 Å². The van der Waals surface area contributed by atoms with Gasteiger partial charge in [0.2, 0.25) is 0 Å². The average molecular weight is 413 g/mol. The Hall–Kier alpha value is -2.52. The molecule has 2 saturated heterocycles. The molecule has 8 heteroatoms. The summed E-state index contributed by atoms with van der Waals surface area (Å²) >= 11 is 0. The lowest BCUT2D eigenvalue weighted by Gasteiger charge is -2.45. The van der Waals surface area contributed by atoms with E-state index in [0.29, 0.717) is 26.4 Å². The van der Waals surface area contributed by atoms with Crippen molar-refractivity contribution in [1.82, 2.24) is 9.80 Å². The van der Waals surface area contributed by atoms with Crippen molar-refractivity contribution in [2.24, 2.45) is 0 Å². The Morgan fingerprint density at radius 3 is 1.37 bits per heavy atom. The van der Waals surface area contributed by atoms with E-state index < -0.39 is 0 Å². The van der Waals surface area contributed by atoms with E-state index in [1.165, 1.54) is 0 Å². The Labute approximate surface area is 178 Å². The molecule has 30 heavy (non-hydrogen) atoms. The van der Waals surface area contributed by atoms with E-state index in [2.05, 4.69) is 20.4 Å². The smallest absolute Gasteiger partial charge is 0.114 e. The molecule has 0 saturated carbocycles. The molecular formula is C22H32N6O2. The lowest BCUT2D eigenvalue weighted by molar-refractivity contribution is -0.0225. The Morgan fingerprint density at radius 1 is 0.633 bits per heavy atom. The monoisotopic (exact) mass is 412 g/mol. The third-order valence-corrected chi connectivity index (χ3v) is 5.71. The molecule has 0 aromatic heterocycles. The molecule has 8 nitrogen and oxygen atoms in total. The van der Waals surface area contributed by atoms with Crippen molar-refractivity contribution in [2.75, 3.05) is 74.7 Å². The van der Waals surface area contributed by atoms with E-state index >= 15 is 0 Å².